The first-order chi connectivity index (χ1) is 9.74. The Balaban J connectivity index is 2.09. The second-order valence-electron chi connectivity index (χ2n) is 5.20. The number of aryl methyl sites for hydroxylation is 1. The van der Waals surface area contributed by atoms with Gasteiger partial charge in [0.05, 0.1) is 6.04 Å². The number of benzene rings is 1. The molecular formula is C17H25NO2. The van der Waals surface area contributed by atoms with Gasteiger partial charge in [-0.2, -0.15) is 0 Å². The smallest absolute Gasteiger partial charge is 0.134 e. The highest BCUT2D eigenvalue weighted by Gasteiger charge is 2.15. The van der Waals surface area contributed by atoms with Gasteiger partial charge in [0.15, 0.2) is 0 Å². The number of hydrogen-bond donors (Lipinski definition) is 1. The van der Waals surface area contributed by atoms with Crippen molar-refractivity contribution < 1.29 is 9.15 Å². The lowest BCUT2D eigenvalue weighted by Gasteiger charge is -2.15. The summed E-state index contributed by atoms with van der Waals surface area (Å²) in [6, 6.07) is 8.67. The minimum Gasteiger partial charge on any atom is -0.459 e. The molecule has 20 heavy (non-hydrogen) atoms. The number of furan rings is 1. The van der Waals surface area contributed by atoms with Gasteiger partial charge in [-0.25, -0.2) is 0 Å². The minimum atomic E-state index is 0.226. The van der Waals surface area contributed by atoms with Crippen molar-refractivity contribution in [3.63, 3.8) is 0 Å². The van der Waals surface area contributed by atoms with Crippen molar-refractivity contribution in [3.8, 4) is 0 Å². The molecule has 0 bridgehead atoms. The summed E-state index contributed by atoms with van der Waals surface area (Å²) in [4.78, 5) is 0. The van der Waals surface area contributed by atoms with Crippen LogP contribution in [0.1, 0.15) is 44.1 Å². The van der Waals surface area contributed by atoms with E-state index in [4.69, 9.17) is 9.15 Å². The van der Waals surface area contributed by atoms with Crippen molar-refractivity contribution in [3.05, 3.63) is 35.6 Å². The van der Waals surface area contributed by atoms with Crippen LogP contribution in [0.5, 0.6) is 0 Å². The van der Waals surface area contributed by atoms with E-state index in [0.29, 0.717) is 0 Å². The Labute approximate surface area is 121 Å². The molecule has 3 nitrogen and oxygen atoms in total. The summed E-state index contributed by atoms with van der Waals surface area (Å²) in [6.45, 7) is 8.87. The molecule has 110 valence electrons. The van der Waals surface area contributed by atoms with Gasteiger partial charge in [-0.3, -0.25) is 0 Å². The molecular weight excluding hydrogens is 250 g/mol. The van der Waals surface area contributed by atoms with E-state index >= 15 is 0 Å². The molecule has 2 rings (SSSR count). The number of nitrogens with one attached hydrogen (secondary N) is 1. The van der Waals surface area contributed by atoms with Crippen molar-refractivity contribution in [2.24, 2.45) is 0 Å². The molecule has 2 aromatic rings. The van der Waals surface area contributed by atoms with Gasteiger partial charge in [-0.1, -0.05) is 25.5 Å². The maximum Gasteiger partial charge on any atom is 0.134 e. The Morgan fingerprint density at radius 2 is 2.05 bits per heavy atom. The van der Waals surface area contributed by atoms with Crippen LogP contribution in [0.2, 0.25) is 0 Å². The lowest BCUT2D eigenvalue weighted by Crippen LogP contribution is -2.22. The predicted molar refractivity (Wildman–Crippen MR) is 83.1 cm³/mol. The van der Waals surface area contributed by atoms with Gasteiger partial charge < -0.3 is 14.5 Å². The zero-order valence-electron chi connectivity index (χ0n) is 12.7. The molecule has 0 aliphatic rings. The van der Waals surface area contributed by atoms with Gasteiger partial charge in [0.25, 0.3) is 0 Å². The van der Waals surface area contributed by atoms with Gasteiger partial charge in [0.2, 0.25) is 0 Å². The third-order valence-electron chi connectivity index (χ3n) is 3.38. The van der Waals surface area contributed by atoms with Crippen molar-refractivity contribution in [2.45, 2.75) is 39.7 Å². The van der Waals surface area contributed by atoms with Crippen LogP contribution in [-0.2, 0) is 4.74 Å². The van der Waals surface area contributed by atoms with E-state index in [1.165, 1.54) is 10.9 Å². The molecule has 1 unspecified atom stereocenters. The molecule has 0 saturated heterocycles. The molecule has 1 heterocycles. The molecule has 0 aliphatic heterocycles. The number of ether oxygens (including phenoxy) is 1. The Morgan fingerprint density at radius 3 is 2.80 bits per heavy atom. The van der Waals surface area contributed by atoms with Gasteiger partial charge in [0, 0.05) is 18.6 Å². The largest absolute Gasteiger partial charge is 0.459 e. The summed E-state index contributed by atoms with van der Waals surface area (Å²) in [5.41, 5.74) is 2.22. The molecule has 1 atom stereocenters. The lowest BCUT2D eigenvalue weighted by molar-refractivity contribution is 0.122. The summed E-state index contributed by atoms with van der Waals surface area (Å²) < 4.78 is 11.6. The van der Waals surface area contributed by atoms with Crippen LogP contribution in [0.25, 0.3) is 11.0 Å². The van der Waals surface area contributed by atoms with Crippen LogP contribution in [0.4, 0.5) is 0 Å². The molecule has 3 heteroatoms. The highest BCUT2D eigenvalue weighted by molar-refractivity contribution is 5.78. The van der Waals surface area contributed by atoms with Crippen molar-refractivity contribution >= 4 is 11.0 Å². The van der Waals surface area contributed by atoms with Crippen molar-refractivity contribution in [1.82, 2.24) is 5.32 Å². The van der Waals surface area contributed by atoms with Gasteiger partial charge in [-0.05, 0) is 44.5 Å². The first kappa shape index (κ1) is 15.1. The van der Waals surface area contributed by atoms with Crippen LogP contribution in [0, 0.1) is 6.92 Å². The van der Waals surface area contributed by atoms with E-state index in [0.717, 1.165) is 43.9 Å². The Hall–Kier alpha value is -1.32. The van der Waals surface area contributed by atoms with Gasteiger partial charge in [0.1, 0.15) is 11.3 Å². The van der Waals surface area contributed by atoms with E-state index in [-0.39, 0.29) is 6.04 Å². The first-order valence-electron chi connectivity index (χ1n) is 7.55. The molecule has 0 fully saturated rings. The zero-order chi connectivity index (χ0) is 14.4. The third kappa shape index (κ3) is 3.84. The zero-order valence-corrected chi connectivity index (χ0v) is 12.7. The Kier molecular flexibility index (Phi) is 5.62. The van der Waals surface area contributed by atoms with Crippen LogP contribution in [0.15, 0.2) is 28.7 Å². The summed E-state index contributed by atoms with van der Waals surface area (Å²) in [5, 5.41) is 4.66. The van der Waals surface area contributed by atoms with E-state index in [2.05, 4.69) is 44.3 Å². The summed E-state index contributed by atoms with van der Waals surface area (Å²) in [7, 11) is 0. The van der Waals surface area contributed by atoms with Crippen molar-refractivity contribution in [1.29, 1.82) is 0 Å². The average molecular weight is 275 g/mol. The third-order valence-corrected chi connectivity index (χ3v) is 3.38. The fourth-order valence-electron chi connectivity index (χ4n) is 2.39. The highest BCUT2D eigenvalue weighted by Crippen LogP contribution is 2.26. The molecule has 0 radical (unpaired) electrons. The molecule has 0 amide bonds. The highest BCUT2D eigenvalue weighted by atomic mass is 16.5. The standard InChI is InChI=1S/C17H25NO2/c1-4-9-19-10-8-15(18-5-2)17-12-14-11-13(3)6-7-16(14)20-17/h6-7,11-12,15,18H,4-5,8-10H2,1-3H3. The van der Waals surface area contributed by atoms with Crippen LogP contribution in [-0.4, -0.2) is 19.8 Å². The Bertz CT molecular complexity index is 533. The summed E-state index contributed by atoms with van der Waals surface area (Å²) in [5.74, 6) is 1.01. The van der Waals surface area contributed by atoms with Crippen molar-refractivity contribution in [2.75, 3.05) is 19.8 Å². The van der Waals surface area contributed by atoms with Gasteiger partial charge in [-0.15, -0.1) is 0 Å². The molecule has 0 aliphatic carbocycles. The van der Waals surface area contributed by atoms with E-state index in [9.17, 15) is 0 Å². The average Bonchev–Trinajstić information content (AvgIpc) is 2.85. The van der Waals surface area contributed by atoms with Crippen LogP contribution >= 0.6 is 0 Å². The SMILES string of the molecule is CCCOCCC(NCC)c1cc2cc(C)ccc2o1. The maximum atomic E-state index is 5.98. The predicted octanol–water partition coefficient (Wildman–Crippen LogP) is 4.21. The van der Waals surface area contributed by atoms with E-state index in [1.54, 1.807) is 0 Å². The second-order valence-corrected chi connectivity index (χ2v) is 5.20. The van der Waals surface area contributed by atoms with Gasteiger partial charge >= 0.3 is 0 Å². The summed E-state index contributed by atoms with van der Waals surface area (Å²) >= 11 is 0. The molecule has 0 spiro atoms. The first-order valence-corrected chi connectivity index (χ1v) is 7.55. The summed E-state index contributed by atoms with van der Waals surface area (Å²) in [6.07, 6.45) is 2.00. The normalized spacial score (nSPS) is 12.9. The van der Waals surface area contributed by atoms with E-state index < -0.39 is 0 Å². The number of rotatable bonds is 8. The Morgan fingerprint density at radius 1 is 1.20 bits per heavy atom. The number of fused-ring (bicyclic) bond motifs is 1. The fraction of sp³-hybridized carbons (Fsp3) is 0.529. The molecule has 1 aromatic heterocycles. The quantitative estimate of drug-likeness (QED) is 0.733. The molecule has 1 N–H and O–H groups in total. The minimum absolute atomic E-state index is 0.226. The lowest BCUT2D eigenvalue weighted by atomic mass is 10.1. The maximum absolute atomic E-state index is 5.98. The number of hydrogen-bond acceptors (Lipinski definition) is 3. The second kappa shape index (κ2) is 7.46. The van der Waals surface area contributed by atoms with E-state index in [1.807, 2.05) is 6.07 Å². The van der Waals surface area contributed by atoms with Crippen LogP contribution in [0.3, 0.4) is 0 Å². The fourth-order valence-corrected chi connectivity index (χ4v) is 2.39. The topological polar surface area (TPSA) is 34.4 Å². The molecule has 1 aromatic carbocycles. The monoisotopic (exact) mass is 275 g/mol. The molecule has 0 saturated carbocycles. The van der Waals surface area contributed by atoms with Crippen LogP contribution < -0.4 is 5.32 Å².